The molecule has 0 saturated carbocycles. The van der Waals surface area contributed by atoms with Crippen molar-refractivity contribution in [2.45, 2.75) is 25.3 Å². The molecule has 146 valence electrons. The molecule has 1 heterocycles. The Hall–Kier alpha value is -2.91. The minimum atomic E-state index is 0.0843. The average Bonchev–Trinajstić information content (AvgIpc) is 3.35. The van der Waals surface area contributed by atoms with Crippen LogP contribution in [-0.2, 0) is 11.2 Å². The highest BCUT2D eigenvalue weighted by Crippen LogP contribution is 2.44. The van der Waals surface area contributed by atoms with E-state index in [1.54, 1.807) is 0 Å². The lowest BCUT2D eigenvalue weighted by molar-refractivity contribution is -0.116. The van der Waals surface area contributed by atoms with Gasteiger partial charge in [-0.25, -0.2) is 0 Å². The van der Waals surface area contributed by atoms with Gasteiger partial charge in [-0.2, -0.15) is 0 Å². The van der Waals surface area contributed by atoms with E-state index in [9.17, 15) is 4.79 Å². The molecule has 0 aromatic heterocycles. The van der Waals surface area contributed by atoms with Gasteiger partial charge in [-0.3, -0.25) is 4.79 Å². The Labute approximate surface area is 172 Å². The van der Waals surface area contributed by atoms with Crippen LogP contribution < -0.4 is 5.32 Å². The van der Waals surface area contributed by atoms with Gasteiger partial charge in [0, 0.05) is 25.7 Å². The van der Waals surface area contributed by atoms with Crippen molar-refractivity contribution in [3.05, 3.63) is 95.1 Å². The predicted molar refractivity (Wildman–Crippen MR) is 118 cm³/mol. The van der Waals surface area contributed by atoms with E-state index >= 15 is 0 Å². The van der Waals surface area contributed by atoms with Crippen LogP contribution in [0, 0.1) is 0 Å². The van der Waals surface area contributed by atoms with Gasteiger partial charge in [0.15, 0.2) is 0 Å². The highest BCUT2D eigenvalue weighted by Gasteiger charge is 2.32. The molecular formula is C26H26N2O. The Bertz CT molecular complexity index is 1020. The molecule has 1 atom stereocenters. The van der Waals surface area contributed by atoms with Crippen molar-refractivity contribution in [1.29, 1.82) is 0 Å². The smallest absolute Gasteiger partial charge is 0.252 e. The van der Waals surface area contributed by atoms with E-state index in [1.165, 1.54) is 22.3 Å². The second-order valence-electron chi connectivity index (χ2n) is 8.11. The topological polar surface area (TPSA) is 32.3 Å². The van der Waals surface area contributed by atoms with E-state index in [4.69, 9.17) is 0 Å². The summed E-state index contributed by atoms with van der Waals surface area (Å²) >= 11 is 0. The molecule has 2 aliphatic carbocycles. The lowest BCUT2D eigenvalue weighted by Crippen LogP contribution is -2.38. The zero-order valence-electron chi connectivity index (χ0n) is 16.6. The summed E-state index contributed by atoms with van der Waals surface area (Å²) < 4.78 is 0. The third kappa shape index (κ3) is 3.58. The molecule has 3 aliphatic rings. The van der Waals surface area contributed by atoms with Crippen LogP contribution >= 0.6 is 0 Å². The van der Waals surface area contributed by atoms with Crippen molar-refractivity contribution >= 4 is 17.1 Å². The molecule has 1 N–H and O–H groups in total. The maximum Gasteiger partial charge on any atom is 0.252 e. The van der Waals surface area contributed by atoms with Crippen LogP contribution in [0.15, 0.2) is 78.4 Å². The molecule has 29 heavy (non-hydrogen) atoms. The number of hydrogen-bond acceptors (Lipinski definition) is 2. The van der Waals surface area contributed by atoms with Crippen molar-refractivity contribution < 1.29 is 4.79 Å². The summed E-state index contributed by atoms with van der Waals surface area (Å²) in [6, 6.07) is 19.1. The average molecular weight is 383 g/mol. The number of likely N-dealkylation sites (tertiary alicyclic amines) is 1. The Morgan fingerprint density at radius 2 is 1.83 bits per heavy atom. The minimum absolute atomic E-state index is 0.0843. The van der Waals surface area contributed by atoms with Crippen LogP contribution in [0.4, 0.5) is 0 Å². The first kappa shape index (κ1) is 18.1. The fourth-order valence-electron chi connectivity index (χ4n) is 4.75. The molecule has 0 bridgehead atoms. The molecule has 1 saturated heterocycles. The molecule has 3 nitrogen and oxygen atoms in total. The van der Waals surface area contributed by atoms with E-state index in [-0.39, 0.29) is 11.9 Å². The third-order valence-electron chi connectivity index (χ3n) is 6.23. The van der Waals surface area contributed by atoms with Gasteiger partial charge < -0.3 is 10.2 Å². The summed E-state index contributed by atoms with van der Waals surface area (Å²) in [6.07, 6.45) is 9.28. The molecule has 3 heteroatoms. The van der Waals surface area contributed by atoms with Gasteiger partial charge in [0.1, 0.15) is 0 Å². The summed E-state index contributed by atoms with van der Waals surface area (Å²) in [5.41, 5.74) is 6.90. The predicted octanol–water partition coefficient (Wildman–Crippen LogP) is 4.23. The van der Waals surface area contributed by atoms with Crippen molar-refractivity contribution in [2.24, 2.45) is 0 Å². The number of benzene rings is 2. The molecule has 2 aromatic carbocycles. The number of rotatable bonds is 5. The molecule has 5 rings (SSSR count). The van der Waals surface area contributed by atoms with Crippen LogP contribution in [0.2, 0.25) is 0 Å². The third-order valence-corrected chi connectivity index (χ3v) is 6.23. The van der Waals surface area contributed by atoms with Gasteiger partial charge in [-0.15, -0.1) is 0 Å². The van der Waals surface area contributed by atoms with Crippen molar-refractivity contribution in [2.75, 3.05) is 19.6 Å². The summed E-state index contributed by atoms with van der Waals surface area (Å²) in [5, 5.41) is 3.33. The first-order chi connectivity index (χ1) is 14.3. The number of nitrogens with zero attached hydrogens (tertiary/aromatic N) is 1. The van der Waals surface area contributed by atoms with Crippen LogP contribution in [0.25, 0.3) is 11.1 Å². The SMILES string of the molecule is O=C(NC1CCN(CCc2ccccc2)C1)C1=C2CC=CC=C2c2ccccc21. The van der Waals surface area contributed by atoms with Crippen LogP contribution in [0.1, 0.15) is 29.5 Å². The van der Waals surface area contributed by atoms with Crippen molar-refractivity contribution in [1.82, 2.24) is 10.2 Å². The highest BCUT2D eigenvalue weighted by atomic mass is 16.1. The van der Waals surface area contributed by atoms with Crippen molar-refractivity contribution in [3.8, 4) is 0 Å². The number of fused-ring (bicyclic) bond motifs is 3. The number of carbonyl (C=O) groups excluding carboxylic acids is 1. The monoisotopic (exact) mass is 382 g/mol. The van der Waals surface area contributed by atoms with Gasteiger partial charge in [-0.1, -0.05) is 72.8 Å². The summed E-state index contributed by atoms with van der Waals surface area (Å²) in [4.78, 5) is 15.7. The number of amides is 1. The highest BCUT2D eigenvalue weighted by molar-refractivity contribution is 6.27. The first-order valence-electron chi connectivity index (χ1n) is 10.6. The van der Waals surface area contributed by atoms with Crippen LogP contribution in [0.5, 0.6) is 0 Å². The van der Waals surface area contributed by atoms with Gasteiger partial charge in [0.2, 0.25) is 0 Å². The van der Waals surface area contributed by atoms with Crippen LogP contribution in [0.3, 0.4) is 0 Å². The number of allylic oxidation sites excluding steroid dienone is 5. The Morgan fingerprint density at radius 3 is 2.69 bits per heavy atom. The van der Waals surface area contributed by atoms with E-state index in [0.717, 1.165) is 50.0 Å². The maximum atomic E-state index is 13.3. The second kappa shape index (κ2) is 7.84. The Kier molecular flexibility index (Phi) is 4.91. The molecule has 1 fully saturated rings. The standard InChI is InChI=1S/C26H26N2O/c29-26(25-23-12-6-4-10-21(23)22-11-5-7-13-24(22)25)27-20-15-17-28(18-20)16-14-19-8-2-1-3-9-19/h1-12,20H,13-18H2,(H,27,29). The molecule has 1 aliphatic heterocycles. The molecule has 1 unspecified atom stereocenters. The maximum absolute atomic E-state index is 13.3. The Morgan fingerprint density at radius 1 is 1.03 bits per heavy atom. The summed E-state index contributed by atoms with van der Waals surface area (Å²) in [7, 11) is 0. The van der Waals surface area contributed by atoms with Crippen molar-refractivity contribution in [3.63, 3.8) is 0 Å². The molecule has 1 amide bonds. The van der Waals surface area contributed by atoms with Gasteiger partial charge >= 0.3 is 0 Å². The number of nitrogens with one attached hydrogen (secondary N) is 1. The fourth-order valence-corrected chi connectivity index (χ4v) is 4.75. The summed E-state index contributed by atoms with van der Waals surface area (Å²) in [5.74, 6) is 0.0843. The fraction of sp³-hybridized carbons (Fsp3) is 0.269. The van der Waals surface area contributed by atoms with Gasteiger partial charge in [-0.05, 0) is 47.1 Å². The molecule has 0 radical (unpaired) electrons. The lowest BCUT2D eigenvalue weighted by atomic mass is 9.96. The van der Waals surface area contributed by atoms with Gasteiger partial charge in [0.05, 0.1) is 5.57 Å². The second-order valence-corrected chi connectivity index (χ2v) is 8.11. The van der Waals surface area contributed by atoms with Gasteiger partial charge in [0.25, 0.3) is 5.91 Å². The largest absolute Gasteiger partial charge is 0.348 e. The molecular weight excluding hydrogens is 356 g/mol. The zero-order chi connectivity index (χ0) is 19.6. The molecule has 0 spiro atoms. The normalized spacial score (nSPS) is 20.4. The van der Waals surface area contributed by atoms with E-state index in [0.29, 0.717) is 0 Å². The Balaban J connectivity index is 1.25. The summed E-state index contributed by atoms with van der Waals surface area (Å²) in [6.45, 7) is 3.03. The van der Waals surface area contributed by atoms with E-state index < -0.39 is 0 Å². The minimum Gasteiger partial charge on any atom is -0.348 e. The zero-order valence-corrected chi connectivity index (χ0v) is 16.6. The van der Waals surface area contributed by atoms with E-state index in [2.05, 4.69) is 77.0 Å². The first-order valence-corrected chi connectivity index (χ1v) is 10.6. The molecule has 2 aromatic rings. The van der Waals surface area contributed by atoms with E-state index in [1.807, 2.05) is 6.07 Å². The quantitative estimate of drug-likeness (QED) is 0.839. The number of carbonyl (C=O) groups is 1. The van der Waals surface area contributed by atoms with Crippen LogP contribution in [-0.4, -0.2) is 36.5 Å². The lowest BCUT2D eigenvalue weighted by Gasteiger charge is -2.18. The number of hydrogen-bond donors (Lipinski definition) is 1.